The Labute approximate surface area is 109 Å². The van der Waals surface area contributed by atoms with Crippen molar-refractivity contribution in [1.82, 2.24) is 4.90 Å². The number of carbonyl (C=O) groups is 1. The maximum atomic E-state index is 11.6. The minimum Gasteiger partial charge on any atom is -0.299 e. The van der Waals surface area contributed by atoms with E-state index < -0.39 is 0 Å². The zero-order valence-electron chi connectivity index (χ0n) is 9.57. The van der Waals surface area contributed by atoms with Gasteiger partial charge in [0, 0.05) is 46.2 Å². The van der Waals surface area contributed by atoms with Crippen molar-refractivity contribution in [3.05, 3.63) is 20.8 Å². The predicted molar refractivity (Wildman–Crippen MR) is 70.7 cm³/mol. The van der Waals surface area contributed by atoms with Crippen LogP contribution >= 0.6 is 27.3 Å². The molecule has 0 aliphatic carbocycles. The molecule has 0 bridgehead atoms. The van der Waals surface area contributed by atoms with Crippen molar-refractivity contribution in [3.63, 3.8) is 0 Å². The highest BCUT2D eigenvalue weighted by Crippen LogP contribution is 2.26. The van der Waals surface area contributed by atoms with Crippen molar-refractivity contribution < 1.29 is 4.79 Å². The fourth-order valence-corrected chi connectivity index (χ4v) is 3.61. The molecule has 0 amide bonds. The molecule has 2 heterocycles. The first-order valence-corrected chi connectivity index (χ1v) is 7.25. The van der Waals surface area contributed by atoms with Crippen LogP contribution in [0.4, 0.5) is 0 Å². The van der Waals surface area contributed by atoms with Gasteiger partial charge in [-0.05, 0) is 28.9 Å². The second-order valence-corrected chi connectivity index (χ2v) is 6.36. The van der Waals surface area contributed by atoms with Gasteiger partial charge in [0.15, 0.2) is 0 Å². The number of halogens is 1. The Morgan fingerprint density at radius 1 is 1.56 bits per heavy atom. The van der Waals surface area contributed by atoms with E-state index in [9.17, 15) is 4.79 Å². The molecule has 1 saturated heterocycles. The second-order valence-electron chi connectivity index (χ2n) is 4.45. The fraction of sp³-hybridized carbons (Fsp3) is 0.583. The summed E-state index contributed by atoms with van der Waals surface area (Å²) in [5.41, 5.74) is 0. The normalized spacial score (nSPS) is 27.3. The lowest BCUT2D eigenvalue weighted by Gasteiger charge is -2.36. The zero-order valence-corrected chi connectivity index (χ0v) is 12.0. The van der Waals surface area contributed by atoms with E-state index in [-0.39, 0.29) is 5.92 Å². The van der Waals surface area contributed by atoms with E-state index in [0.29, 0.717) is 18.2 Å². The zero-order chi connectivity index (χ0) is 11.7. The van der Waals surface area contributed by atoms with Crippen LogP contribution in [0.2, 0.25) is 0 Å². The van der Waals surface area contributed by atoms with Crippen LogP contribution in [0.3, 0.4) is 0 Å². The predicted octanol–water partition coefficient (Wildman–Crippen LogP) is 3.31. The summed E-state index contributed by atoms with van der Waals surface area (Å²) < 4.78 is 1.15. The molecule has 2 unspecified atom stereocenters. The van der Waals surface area contributed by atoms with Gasteiger partial charge >= 0.3 is 0 Å². The molecule has 2 atom stereocenters. The third-order valence-electron chi connectivity index (χ3n) is 3.43. The molecular weight excluding hydrogens is 286 g/mol. The van der Waals surface area contributed by atoms with Crippen molar-refractivity contribution in [2.45, 2.75) is 32.9 Å². The van der Waals surface area contributed by atoms with Crippen molar-refractivity contribution in [2.24, 2.45) is 5.92 Å². The number of carbonyl (C=O) groups excluding carboxylic acids is 1. The summed E-state index contributed by atoms with van der Waals surface area (Å²) in [6, 6.07) is 2.53. The number of hydrogen-bond acceptors (Lipinski definition) is 3. The summed E-state index contributed by atoms with van der Waals surface area (Å²) in [5, 5.41) is 2.11. The van der Waals surface area contributed by atoms with Gasteiger partial charge in [-0.2, -0.15) is 0 Å². The first-order chi connectivity index (χ1) is 7.58. The molecule has 1 aliphatic rings. The first kappa shape index (κ1) is 12.3. The van der Waals surface area contributed by atoms with Crippen molar-refractivity contribution in [2.75, 3.05) is 6.54 Å². The second kappa shape index (κ2) is 4.98. The summed E-state index contributed by atoms with van der Waals surface area (Å²) in [7, 11) is 0. The lowest BCUT2D eigenvalue weighted by atomic mass is 9.91. The van der Waals surface area contributed by atoms with Gasteiger partial charge in [-0.25, -0.2) is 0 Å². The molecule has 1 aromatic rings. The molecule has 4 heteroatoms. The summed E-state index contributed by atoms with van der Waals surface area (Å²) in [6.45, 7) is 6.07. The van der Waals surface area contributed by atoms with Gasteiger partial charge in [0.05, 0.1) is 0 Å². The Balaban J connectivity index is 2.02. The number of Topliss-reactive ketones (excluding diaryl/α,β-unsaturated/α-hetero) is 1. The largest absolute Gasteiger partial charge is 0.299 e. The molecule has 0 aromatic carbocycles. The van der Waals surface area contributed by atoms with Crippen LogP contribution in [-0.4, -0.2) is 23.3 Å². The van der Waals surface area contributed by atoms with Crippen LogP contribution in [0.25, 0.3) is 0 Å². The number of hydrogen-bond donors (Lipinski definition) is 0. The molecule has 1 fully saturated rings. The molecule has 1 aliphatic heterocycles. The van der Waals surface area contributed by atoms with E-state index in [0.717, 1.165) is 17.6 Å². The molecular formula is C12H16BrNOS. The quantitative estimate of drug-likeness (QED) is 0.835. The minimum absolute atomic E-state index is 0.178. The van der Waals surface area contributed by atoms with Gasteiger partial charge in [0.1, 0.15) is 5.78 Å². The third kappa shape index (κ3) is 2.55. The number of ketones is 1. The van der Waals surface area contributed by atoms with E-state index in [1.807, 2.05) is 6.92 Å². The summed E-state index contributed by atoms with van der Waals surface area (Å²) in [4.78, 5) is 15.3. The van der Waals surface area contributed by atoms with Crippen LogP contribution in [0.5, 0.6) is 0 Å². The molecule has 0 radical (unpaired) electrons. The van der Waals surface area contributed by atoms with E-state index in [4.69, 9.17) is 0 Å². The molecule has 1 aromatic heterocycles. The van der Waals surface area contributed by atoms with E-state index >= 15 is 0 Å². The average Bonchev–Trinajstić information content (AvgIpc) is 2.65. The topological polar surface area (TPSA) is 20.3 Å². The molecule has 2 rings (SSSR count). The monoisotopic (exact) mass is 301 g/mol. The molecule has 2 nitrogen and oxygen atoms in total. The highest BCUT2D eigenvalue weighted by molar-refractivity contribution is 9.10. The van der Waals surface area contributed by atoms with Crippen molar-refractivity contribution in [3.8, 4) is 0 Å². The molecule has 0 saturated carbocycles. The fourth-order valence-electron chi connectivity index (χ4n) is 2.13. The van der Waals surface area contributed by atoms with E-state index in [1.54, 1.807) is 11.3 Å². The van der Waals surface area contributed by atoms with Crippen LogP contribution in [0.15, 0.2) is 15.9 Å². The van der Waals surface area contributed by atoms with Gasteiger partial charge < -0.3 is 0 Å². The molecule has 16 heavy (non-hydrogen) atoms. The number of nitrogens with zero attached hydrogens (tertiary/aromatic N) is 1. The third-order valence-corrected chi connectivity index (χ3v) is 5.12. The van der Waals surface area contributed by atoms with Crippen LogP contribution in [0.1, 0.15) is 25.1 Å². The minimum atomic E-state index is 0.178. The maximum Gasteiger partial charge on any atom is 0.138 e. The van der Waals surface area contributed by atoms with Gasteiger partial charge in [-0.15, -0.1) is 11.3 Å². The number of likely N-dealkylation sites (tertiary alicyclic amines) is 1. The maximum absolute atomic E-state index is 11.6. The Morgan fingerprint density at radius 3 is 2.94 bits per heavy atom. The van der Waals surface area contributed by atoms with Gasteiger partial charge in [-0.1, -0.05) is 6.92 Å². The number of piperidine rings is 1. The Morgan fingerprint density at radius 2 is 2.31 bits per heavy atom. The Hall–Kier alpha value is -0.190. The smallest absolute Gasteiger partial charge is 0.138 e. The summed E-state index contributed by atoms with van der Waals surface area (Å²) in [5.74, 6) is 0.591. The average molecular weight is 302 g/mol. The Bertz CT molecular complexity index is 390. The van der Waals surface area contributed by atoms with Crippen molar-refractivity contribution >= 4 is 33.0 Å². The van der Waals surface area contributed by atoms with Gasteiger partial charge in [0.25, 0.3) is 0 Å². The summed E-state index contributed by atoms with van der Waals surface area (Å²) >= 11 is 5.25. The van der Waals surface area contributed by atoms with Crippen LogP contribution in [0, 0.1) is 5.92 Å². The van der Waals surface area contributed by atoms with Gasteiger partial charge in [0.2, 0.25) is 0 Å². The molecule has 0 spiro atoms. The van der Waals surface area contributed by atoms with Crippen LogP contribution in [-0.2, 0) is 11.3 Å². The van der Waals surface area contributed by atoms with Crippen LogP contribution < -0.4 is 0 Å². The highest BCUT2D eigenvalue weighted by atomic mass is 79.9. The molecule has 88 valence electrons. The molecule has 0 N–H and O–H groups in total. The van der Waals surface area contributed by atoms with E-state index in [2.05, 4.69) is 39.2 Å². The lowest BCUT2D eigenvalue weighted by Crippen LogP contribution is -2.46. The lowest BCUT2D eigenvalue weighted by molar-refractivity contribution is -0.128. The van der Waals surface area contributed by atoms with E-state index in [1.165, 1.54) is 4.88 Å². The summed E-state index contributed by atoms with van der Waals surface area (Å²) in [6.07, 6.45) is 0.706. The standard InChI is InChI=1S/C12H16BrNOS/c1-8-9(2)14(4-3-12(8)15)6-11-5-10(13)7-16-11/h5,7-9H,3-4,6H2,1-2H3. The van der Waals surface area contributed by atoms with Gasteiger partial charge in [-0.3, -0.25) is 9.69 Å². The number of thiophene rings is 1. The SMILES string of the molecule is CC1C(=O)CCN(Cc2cc(Br)cs2)C1C. The number of rotatable bonds is 2. The first-order valence-electron chi connectivity index (χ1n) is 5.57. The van der Waals surface area contributed by atoms with Crippen molar-refractivity contribution in [1.29, 1.82) is 0 Å². The highest BCUT2D eigenvalue weighted by Gasteiger charge is 2.30. The Kier molecular flexibility index (Phi) is 3.82.